The van der Waals surface area contributed by atoms with E-state index in [0.717, 1.165) is 54.7 Å². The third-order valence-electron chi connectivity index (χ3n) is 8.37. The third-order valence-corrected chi connectivity index (χ3v) is 8.37. The molecule has 0 spiro atoms. The third kappa shape index (κ3) is 4.68. The number of esters is 2. The molecule has 2 fully saturated rings. The Morgan fingerprint density at radius 3 is 2.59 bits per heavy atom. The van der Waals surface area contributed by atoms with E-state index in [1.54, 1.807) is 6.07 Å². The maximum Gasteiger partial charge on any atom is 0.338 e. The van der Waals surface area contributed by atoms with Gasteiger partial charge in [-0.15, -0.1) is 0 Å². The zero-order chi connectivity index (χ0) is 25.7. The molecule has 0 aliphatic carbocycles. The Morgan fingerprint density at radius 1 is 1.05 bits per heavy atom. The number of nitrogens with zero attached hydrogens (tertiary/aromatic N) is 2. The topological polar surface area (TPSA) is 88.5 Å². The summed E-state index contributed by atoms with van der Waals surface area (Å²) in [5, 5.41) is 11.2. The average Bonchev–Trinajstić information content (AvgIpc) is 3.24. The molecule has 196 valence electrons. The number of carbonyl (C=O) groups excluding carboxylic acids is 2. The molecule has 2 bridgehead atoms. The summed E-state index contributed by atoms with van der Waals surface area (Å²) in [6.45, 7) is 8.77. The zero-order valence-electron chi connectivity index (χ0n) is 21.4. The van der Waals surface area contributed by atoms with Gasteiger partial charge in [0.2, 0.25) is 0 Å². The van der Waals surface area contributed by atoms with Crippen LogP contribution in [-0.4, -0.2) is 84.4 Å². The molecule has 0 radical (unpaired) electrons. The standard InChI is InChI=1S/C29H34N2O6/c1-17-9-20-10-19(3-4-24(20)29(34)37-17)7-8-30-11-21-14-35-15-22(12-30)31(21)13-27(32)23-5-6-25-26(18(23)2)16-36-28(25)33/h3-6,10,17,21-22,27,32H,7-9,11-16H2,1-2H3. The minimum atomic E-state index is -0.639. The number of hydrogen-bond donors (Lipinski definition) is 1. The number of fused-ring (bicyclic) bond motifs is 4. The number of hydrogen-bond acceptors (Lipinski definition) is 8. The molecule has 0 amide bonds. The molecular weight excluding hydrogens is 472 g/mol. The van der Waals surface area contributed by atoms with Gasteiger partial charge in [-0.2, -0.15) is 0 Å². The summed E-state index contributed by atoms with van der Waals surface area (Å²) in [6, 6.07) is 10.2. The highest BCUT2D eigenvalue weighted by atomic mass is 16.5. The Bertz CT molecular complexity index is 1220. The van der Waals surface area contributed by atoms with Crippen LogP contribution in [-0.2, 0) is 33.7 Å². The molecule has 0 aromatic heterocycles. The minimum Gasteiger partial charge on any atom is -0.459 e. The van der Waals surface area contributed by atoms with Gasteiger partial charge in [-0.1, -0.05) is 18.2 Å². The van der Waals surface area contributed by atoms with Gasteiger partial charge in [-0.3, -0.25) is 9.80 Å². The monoisotopic (exact) mass is 506 g/mol. The first-order valence-corrected chi connectivity index (χ1v) is 13.2. The normalized spacial score (nSPS) is 26.3. The van der Waals surface area contributed by atoms with E-state index in [2.05, 4.69) is 15.9 Å². The summed E-state index contributed by atoms with van der Waals surface area (Å²) < 4.78 is 16.4. The highest BCUT2D eigenvalue weighted by molar-refractivity contribution is 5.94. The van der Waals surface area contributed by atoms with Crippen LogP contribution in [0.25, 0.3) is 0 Å². The van der Waals surface area contributed by atoms with Crippen LogP contribution in [0.2, 0.25) is 0 Å². The van der Waals surface area contributed by atoms with Crippen molar-refractivity contribution < 1.29 is 28.9 Å². The average molecular weight is 507 g/mol. The van der Waals surface area contributed by atoms with Gasteiger partial charge in [0.15, 0.2) is 0 Å². The summed E-state index contributed by atoms with van der Waals surface area (Å²) in [4.78, 5) is 28.9. The van der Waals surface area contributed by atoms with Gasteiger partial charge in [0.05, 0.1) is 30.4 Å². The van der Waals surface area contributed by atoms with Crippen molar-refractivity contribution in [3.05, 3.63) is 69.3 Å². The van der Waals surface area contributed by atoms with E-state index in [1.165, 1.54) is 5.56 Å². The summed E-state index contributed by atoms with van der Waals surface area (Å²) in [7, 11) is 0. The molecule has 4 aliphatic rings. The van der Waals surface area contributed by atoms with E-state index in [0.29, 0.717) is 30.9 Å². The van der Waals surface area contributed by atoms with Crippen LogP contribution >= 0.6 is 0 Å². The Balaban J connectivity index is 1.09. The van der Waals surface area contributed by atoms with Gasteiger partial charge in [-0.25, -0.2) is 9.59 Å². The van der Waals surface area contributed by atoms with E-state index >= 15 is 0 Å². The molecule has 2 aromatic rings. The predicted molar refractivity (Wildman–Crippen MR) is 136 cm³/mol. The molecule has 4 heterocycles. The van der Waals surface area contributed by atoms with Crippen LogP contribution in [0.3, 0.4) is 0 Å². The number of aliphatic hydroxyl groups is 1. The number of benzene rings is 2. The number of cyclic esters (lactones) is 2. The number of aliphatic hydroxyl groups excluding tert-OH is 1. The van der Waals surface area contributed by atoms with Crippen LogP contribution < -0.4 is 0 Å². The maximum atomic E-state index is 12.1. The fourth-order valence-electron chi connectivity index (χ4n) is 6.38. The van der Waals surface area contributed by atoms with Gasteiger partial charge >= 0.3 is 11.9 Å². The van der Waals surface area contributed by atoms with Crippen LogP contribution in [0.1, 0.15) is 61.6 Å². The molecule has 2 aromatic carbocycles. The number of ether oxygens (including phenoxy) is 3. The zero-order valence-corrected chi connectivity index (χ0v) is 21.4. The summed E-state index contributed by atoms with van der Waals surface area (Å²) in [6.07, 6.45) is 0.980. The molecule has 2 saturated heterocycles. The van der Waals surface area contributed by atoms with Gasteiger partial charge in [0.1, 0.15) is 12.7 Å². The SMILES string of the molecule is Cc1c(C(O)CN2C3COCC2CN(CCc2ccc4c(c2)CC(C)OC4=O)C3)ccc2c1COC2=O. The molecule has 4 unspecified atom stereocenters. The predicted octanol–water partition coefficient (Wildman–Crippen LogP) is 2.43. The molecule has 1 N–H and O–H groups in total. The van der Waals surface area contributed by atoms with E-state index in [-0.39, 0.29) is 36.7 Å². The lowest BCUT2D eigenvalue weighted by atomic mass is 9.94. The van der Waals surface area contributed by atoms with Crippen molar-refractivity contribution in [1.29, 1.82) is 0 Å². The Hall–Kier alpha value is -2.78. The lowest BCUT2D eigenvalue weighted by Crippen LogP contribution is -2.65. The van der Waals surface area contributed by atoms with E-state index in [4.69, 9.17) is 14.2 Å². The fourth-order valence-corrected chi connectivity index (χ4v) is 6.38. The lowest BCUT2D eigenvalue weighted by molar-refractivity contribution is -0.108. The van der Waals surface area contributed by atoms with Crippen molar-refractivity contribution in [2.24, 2.45) is 0 Å². The second kappa shape index (κ2) is 9.83. The summed E-state index contributed by atoms with van der Waals surface area (Å²) >= 11 is 0. The molecule has 8 nitrogen and oxygen atoms in total. The number of rotatable bonds is 6. The van der Waals surface area contributed by atoms with Crippen molar-refractivity contribution in [2.75, 3.05) is 39.4 Å². The molecule has 6 rings (SSSR count). The van der Waals surface area contributed by atoms with Crippen molar-refractivity contribution >= 4 is 11.9 Å². The van der Waals surface area contributed by atoms with E-state index in [9.17, 15) is 14.7 Å². The van der Waals surface area contributed by atoms with Crippen LogP contribution in [0.5, 0.6) is 0 Å². The van der Waals surface area contributed by atoms with Crippen molar-refractivity contribution in [3.63, 3.8) is 0 Å². The van der Waals surface area contributed by atoms with E-state index < -0.39 is 6.10 Å². The van der Waals surface area contributed by atoms with E-state index in [1.807, 2.05) is 32.0 Å². The molecule has 8 heteroatoms. The highest BCUT2D eigenvalue weighted by Crippen LogP contribution is 2.31. The number of morpholine rings is 1. The number of carbonyl (C=O) groups is 2. The summed E-state index contributed by atoms with van der Waals surface area (Å²) in [5.41, 5.74) is 6.34. The van der Waals surface area contributed by atoms with Crippen molar-refractivity contribution in [2.45, 2.75) is 57.6 Å². The van der Waals surface area contributed by atoms with Gasteiger partial charge in [0.25, 0.3) is 0 Å². The second-order valence-electron chi connectivity index (χ2n) is 10.9. The summed E-state index contributed by atoms with van der Waals surface area (Å²) in [5.74, 6) is -0.502. The van der Waals surface area contributed by atoms with Gasteiger partial charge in [-0.05, 0) is 54.7 Å². The fraction of sp³-hybridized carbons (Fsp3) is 0.517. The van der Waals surface area contributed by atoms with Crippen molar-refractivity contribution in [1.82, 2.24) is 9.80 Å². The molecule has 4 aliphatic heterocycles. The first-order valence-electron chi connectivity index (χ1n) is 13.2. The van der Waals surface area contributed by atoms with Crippen LogP contribution in [0.15, 0.2) is 30.3 Å². The van der Waals surface area contributed by atoms with Gasteiger partial charge < -0.3 is 19.3 Å². The Labute approximate surface area is 217 Å². The van der Waals surface area contributed by atoms with Crippen LogP contribution in [0.4, 0.5) is 0 Å². The number of piperazine rings is 1. The molecule has 37 heavy (non-hydrogen) atoms. The van der Waals surface area contributed by atoms with Gasteiger partial charge in [0, 0.05) is 50.2 Å². The Kier molecular flexibility index (Phi) is 6.52. The first-order chi connectivity index (χ1) is 17.9. The first kappa shape index (κ1) is 24.6. The second-order valence-corrected chi connectivity index (χ2v) is 10.9. The minimum absolute atomic E-state index is 0.0746. The molecule has 4 atom stereocenters. The quantitative estimate of drug-likeness (QED) is 0.598. The lowest BCUT2D eigenvalue weighted by Gasteiger charge is -2.50. The Morgan fingerprint density at radius 2 is 1.81 bits per heavy atom. The highest BCUT2D eigenvalue weighted by Gasteiger charge is 2.39. The smallest absolute Gasteiger partial charge is 0.338 e. The largest absolute Gasteiger partial charge is 0.459 e. The van der Waals surface area contributed by atoms with Crippen LogP contribution in [0, 0.1) is 6.92 Å². The van der Waals surface area contributed by atoms with Crippen molar-refractivity contribution in [3.8, 4) is 0 Å². The maximum absolute atomic E-state index is 12.1. The molecular formula is C29H34N2O6. The molecule has 0 saturated carbocycles.